The number of carbonyl (C=O) groups excluding carboxylic acids is 1. The summed E-state index contributed by atoms with van der Waals surface area (Å²) in [5, 5.41) is 4.53. The monoisotopic (exact) mass is 461 g/mol. The Kier molecular flexibility index (Phi) is 6.71. The molecule has 6 heteroatoms. The third kappa shape index (κ3) is 5.04. The average Bonchev–Trinajstić information content (AvgIpc) is 3.25. The van der Waals surface area contributed by atoms with Gasteiger partial charge in [-0.25, -0.2) is 0 Å². The van der Waals surface area contributed by atoms with Crippen molar-refractivity contribution < 1.29 is 18.7 Å². The van der Waals surface area contributed by atoms with E-state index in [0.717, 1.165) is 39.0 Å². The van der Waals surface area contributed by atoms with Crippen LogP contribution >= 0.6 is 11.6 Å². The highest BCUT2D eigenvalue weighted by Gasteiger charge is 2.15. The molecule has 1 aromatic heterocycles. The van der Waals surface area contributed by atoms with Crippen molar-refractivity contribution in [3.05, 3.63) is 89.2 Å². The topological polar surface area (TPSA) is 60.7 Å². The number of carbonyl (C=O) groups is 1. The molecule has 33 heavy (non-hydrogen) atoms. The summed E-state index contributed by atoms with van der Waals surface area (Å²) in [6.07, 6.45) is 3.30. The fourth-order valence-corrected chi connectivity index (χ4v) is 3.77. The van der Waals surface area contributed by atoms with Crippen LogP contribution in [0, 0.1) is 0 Å². The maximum atomic E-state index is 12.6. The molecule has 0 aliphatic carbocycles. The summed E-state index contributed by atoms with van der Waals surface area (Å²) >= 11 is 6.03. The molecule has 4 aromatic rings. The largest absolute Gasteiger partial charge is 0.497 e. The molecule has 5 nitrogen and oxygen atoms in total. The van der Waals surface area contributed by atoms with Gasteiger partial charge < -0.3 is 19.2 Å². The summed E-state index contributed by atoms with van der Waals surface area (Å²) in [7, 11) is 3.22. The molecule has 0 saturated heterocycles. The number of benzene rings is 3. The zero-order valence-corrected chi connectivity index (χ0v) is 19.4. The van der Waals surface area contributed by atoms with Gasteiger partial charge in [0.25, 0.3) is 0 Å². The normalized spacial score (nSPS) is 11.5. The van der Waals surface area contributed by atoms with E-state index in [1.165, 1.54) is 0 Å². The van der Waals surface area contributed by atoms with Gasteiger partial charge in [0.1, 0.15) is 17.1 Å². The number of halogens is 1. The Morgan fingerprint density at radius 3 is 2.42 bits per heavy atom. The Morgan fingerprint density at radius 2 is 1.76 bits per heavy atom. The van der Waals surface area contributed by atoms with Crippen molar-refractivity contribution in [1.29, 1.82) is 0 Å². The third-order valence-electron chi connectivity index (χ3n) is 5.45. The van der Waals surface area contributed by atoms with Crippen LogP contribution in [0.1, 0.15) is 18.1 Å². The van der Waals surface area contributed by atoms with Crippen LogP contribution in [-0.2, 0) is 11.3 Å². The van der Waals surface area contributed by atoms with Gasteiger partial charge in [0, 0.05) is 40.2 Å². The minimum Gasteiger partial charge on any atom is -0.497 e. The van der Waals surface area contributed by atoms with Gasteiger partial charge in [0.15, 0.2) is 0 Å². The van der Waals surface area contributed by atoms with Crippen molar-refractivity contribution in [2.24, 2.45) is 0 Å². The second kappa shape index (κ2) is 9.84. The first kappa shape index (κ1) is 22.5. The number of ether oxygens (including phenoxy) is 2. The molecule has 1 amide bonds. The van der Waals surface area contributed by atoms with Crippen LogP contribution in [0.25, 0.3) is 27.7 Å². The predicted octanol–water partition coefficient (Wildman–Crippen LogP) is 6.49. The summed E-state index contributed by atoms with van der Waals surface area (Å²) in [4.78, 5) is 12.6. The molecule has 3 aromatic carbocycles. The zero-order valence-electron chi connectivity index (χ0n) is 18.6. The maximum absolute atomic E-state index is 12.6. The van der Waals surface area contributed by atoms with Crippen LogP contribution in [0.4, 0.5) is 0 Å². The van der Waals surface area contributed by atoms with E-state index in [1.807, 2.05) is 67.6 Å². The van der Waals surface area contributed by atoms with Gasteiger partial charge in [0.2, 0.25) is 5.91 Å². The zero-order chi connectivity index (χ0) is 23.4. The number of methoxy groups -OCH3 is 2. The summed E-state index contributed by atoms with van der Waals surface area (Å²) in [6.45, 7) is 2.31. The molecule has 0 radical (unpaired) electrons. The van der Waals surface area contributed by atoms with Crippen LogP contribution in [-0.4, -0.2) is 20.1 Å². The average molecular weight is 462 g/mol. The Morgan fingerprint density at radius 1 is 1.03 bits per heavy atom. The van der Waals surface area contributed by atoms with Crippen LogP contribution < -0.4 is 14.8 Å². The second-order valence-corrected chi connectivity index (χ2v) is 8.03. The molecule has 0 spiro atoms. The highest BCUT2D eigenvalue weighted by molar-refractivity contribution is 6.30. The number of allylic oxidation sites excluding steroid dienone is 1. The summed E-state index contributed by atoms with van der Waals surface area (Å²) < 4.78 is 16.5. The lowest BCUT2D eigenvalue weighted by Gasteiger charge is -2.10. The van der Waals surface area contributed by atoms with Gasteiger partial charge >= 0.3 is 0 Å². The molecule has 0 saturated carbocycles. The van der Waals surface area contributed by atoms with Crippen LogP contribution in [0.3, 0.4) is 0 Å². The van der Waals surface area contributed by atoms with Gasteiger partial charge in [-0.05, 0) is 54.0 Å². The third-order valence-corrected chi connectivity index (χ3v) is 5.70. The van der Waals surface area contributed by atoms with Gasteiger partial charge in [-0.3, -0.25) is 4.79 Å². The van der Waals surface area contributed by atoms with E-state index < -0.39 is 0 Å². The fourth-order valence-electron chi connectivity index (χ4n) is 3.64. The number of nitrogens with one attached hydrogen (secondary N) is 1. The van der Waals surface area contributed by atoms with E-state index in [4.69, 9.17) is 25.5 Å². The summed E-state index contributed by atoms with van der Waals surface area (Å²) in [5.74, 6) is 1.23. The van der Waals surface area contributed by atoms with Crippen LogP contribution in [0.15, 0.2) is 77.4 Å². The molecule has 0 aliphatic heterocycles. The molecule has 0 unspecified atom stereocenters. The molecule has 1 heterocycles. The van der Waals surface area contributed by atoms with Gasteiger partial charge in [-0.15, -0.1) is 0 Å². The Labute approximate surface area is 197 Å². The molecule has 4 rings (SSSR count). The van der Waals surface area contributed by atoms with Crippen molar-refractivity contribution in [3.63, 3.8) is 0 Å². The Bertz CT molecular complexity index is 1300. The first-order valence-electron chi connectivity index (χ1n) is 10.4. The highest BCUT2D eigenvalue weighted by Crippen LogP contribution is 2.37. The quantitative estimate of drug-likeness (QED) is 0.319. The minimum atomic E-state index is -0.185. The predicted molar refractivity (Wildman–Crippen MR) is 132 cm³/mol. The van der Waals surface area contributed by atoms with E-state index in [1.54, 1.807) is 26.6 Å². The van der Waals surface area contributed by atoms with E-state index in [0.29, 0.717) is 22.9 Å². The van der Waals surface area contributed by atoms with Crippen molar-refractivity contribution in [2.75, 3.05) is 14.2 Å². The summed E-state index contributed by atoms with van der Waals surface area (Å²) in [5.41, 5.74) is 5.23. The Balaban J connectivity index is 1.59. The molecule has 0 aliphatic rings. The number of hydrogen-bond acceptors (Lipinski definition) is 4. The molecule has 0 fully saturated rings. The van der Waals surface area contributed by atoms with Crippen molar-refractivity contribution in [1.82, 2.24) is 5.32 Å². The molecule has 0 bridgehead atoms. The van der Waals surface area contributed by atoms with Gasteiger partial charge in [-0.2, -0.15) is 0 Å². The van der Waals surface area contributed by atoms with Gasteiger partial charge in [-0.1, -0.05) is 35.9 Å². The SMILES string of the molecule is COc1ccc(CNC(=O)/C=C(\C)c2cc3c(-c4ccc(Cl)cc4)coc3cc2OC)cc1. The van der Waals surface area contributed by atoms with Crippen LogP contribution in [0.2, 0.25) is 5.02 Å². The number of amides is 1. The molecule has 0 atom stereocenters. The fraction of sp³-hybridized carbons (Fsp3) is 0.148. The van der Waals surface area contributed by atoms with Crippen molar-refractivity contribution >= 4 is 34.1 Å². The number of furan rings is 1. The van der Waals surface area contributed by atoms with Gasteiger partial charge in [0.05, 0.1) is 20.5 Å². The molecular weight excluding hydrogens is 438 g/mol. The Hall–Kier alpha value is -3.70. The van der Waals surface area contributed by atoms with E-state index in [2.05, 4.69) is 5.32 Å². The highest BCUT2D eigenvalue weighted by atomic mass is 35.5. The standard InChI is InChI=1S/C27H24ClNO4/c1-17(12-27(30)29-15-18-4-10-21(31-2)11-5-18)22-13-23-24(19-6-8-20(28)9-7-19)16-33-26(23)14-25(22)32-3/h4-14,16H,15H2,1-3H3,(H,29,30)/b17-12+. The van der Waals surface area contributed by atoms with Crippen LogP contribution in [0.5, 0.6) is 11.5 Å². The number of fused-ring (bicyclic) bond motifs is 1. The van der Waals surface area contributed by atoms with Crippen molar-refractivity contribution in [3.8, 4) is 22.6 Å². The second-order valence-electron chi connectivity index (χ2n) is 7.60. The molecule has 168 valence electrons. The lowest BCUT2D eigenvalue weighted by atomic mass is 9.99. The lowest BCUT2D eigenvalue weighted by molar-refractivity contribution is -0.116. The van der Waals surface area contributed by atoms with E-state index in [9.17, 15) is 4.79 Å². The first-order valence-corrected chi connectivity index (χ1v) is 10.8. The molecule has 1 N–H and O–H groups in total. The van der Waals surface area contributed by atoms with Crippen molar-refractivity contribution in [2.45, 2.75) is 13.5 Å². The summed E-state index contributed by atoms with van der Waals surface area (Å²) in [6, 6.07) is 19.0. The lowest BCUT2D eigenvalue weighted by Crippen LogP contribution is -2.20. The number of rotatable bonds is 7. The smallest absolute Gasteiger partial charge is 0.244 e. The minimum absolute atomic E-state index is 0.185. The maximum Gasteiger partial charge on any atom is 0.244 e. The first-order chi connectivity index (χ1) is 16.0. The van der Waals surface area contributed by atoms with E-state index in [-0.39, 0.29) is 5.91 Å². The number of hydrogen-bond donors (Lipinski definition) is 1. The van der Waals surface area contributed by atoms with E-state index >= 15 is 0 Å². The molecular formula is C27H24ClNO4.